The Morgan fingerprint density at radius 1 is 1.22 bits per heavy atom. The van der Waals surface area contributed by atoms with Gasteiger partial charge in [0.2, 0.25) is 5.91 Å². The van der Waals surface area contributed by atoms with Gasteiger partial charge in [-0.25, -0.2) is 0 Å². The summed E-state index contributed by atoms with van der Waals surface area (Å²) < 4.78 is 0. The van der Waals surface area contributed by atoms with E-state index >= 15 is 0 Å². The molecule has 1 saturated heterocycles. The number of carbonyl (C=O) groups excluding carboxylic acids is 1. The highest BCUT2D eigenvalue weighted by atomic mass is 32.1. The van der Waals surface area contributed by atoms with Crippen LogP contribution in [0.3, 0.4) is 0 Å². The van der Waals surface area contributed by atoms with Crippen LogP contribution in [-0.2, 0) is 10.3 Å². The van der Waals surface area contributed by atoms with Crippen molar-refractivity contribution in [3.05, 3.63) is 21.9 Å². The van der Waals surface area contributed by atoms with Crippen LogP contribution in [0.4, 0.5) is 0 Å². The van der Waals surface area contributed by atoms with Crippen molar-refractivity contribution >= 4 is 17.2 Å². The van der Waals surface area contributed by atoms with E-state index in [1.54, 1.807) is 0 Å². The summed E-state index contributed by atoms with van der Waals surface area (Å²) in [5.74, 6) is 0.334. The number of rotatable bonds is 3. The van der Waals surface area contributed by atoms with Crippen LogP contribution in [0.1, 0.15) is 55.2 Å². The van der Waals surface area contributed by atoms with Crippen LogP contribution in [0.15, 0.2) is 12.1 Å². The zero-order valence-corrected chi connectivity index (χ0v) is 15.8. The van der Waals surface area contributed by atoms with Crippen molar-refractivity contribution in [2.45, 2.75) is 57.9 Å². The Kier molecular flexibility index (Phi) is 4.58. The molecule has 0 N–H and O–H groups in total. The average molecular weight is 335 g/mol. The quantitative estimate of drug-likeness (QED) is 0.833. The van der Waals surface area contributed by atoms with Gasteiger partial charge in [-0.3, -0.25) is 9.69 Å². The molecule has 0 radical (unpaired) electrons. The molecule has 128 valence electrons. The molecule has 1 amide bonds. The molecule has 4 heteroatoms. The van der Waals surface area contributed by atoms with Gasteiger partial charge in [-0.1, -0.05) is 6.92 Å². The minimum atomic E-state index is 0.201. The topological polar surface area (TPSA) is 23.6 Å². The predicted octanol–water partition coefficient (Wildman–Crippen LogP) is 4.02. The molecule has 1 aliphatic carbocycles. The van der Waals surface area contributed by atoms with Crippen LogP contribution in [0.5, 0.6) is 0 Å². The van der Waals surface area contributed by atoms with Gasteiger partial charge in [0.15, 0.2) is 0 Å². The number of likely N-dealkylation sites (tertiary alicyclic amines) is 1. The van der Waals surface area contributed by atoms with E-state index in [2.05, 4.69) is 43.0 Å². The molecule has 2 heterocycles. The van der Waals surface area contributed by atoms with E-state index in [0.717, 1.165) is 13.1 Å². The second-order valence-corrected chi connectivity index (χ2v) is 9.04. The Bertz CT molecular complexity index is 570. The Balaban J connectivity index is 1.75. The van der Waals surface area contributed by atoms with E-state index in [9.17, 15) is 4.79 Å². The van der Waals surface area contributed by atoms with Crippen molar-refractivity contribution in [1.29, 1.82) is 0 Å². The van der Waals surface area contributed by atoms with Crippen molar-refractivity contribution < 1.29 is 4.79 Å². The lowest BCUT2D eigenvalue weighted by Gasteiger charge is -2.48. The molecule has 3 nitrogen and oxygen atoms in total. The minimum absolute atomic E-state index is 0.201. The molecule has 0 aromatic carbocycles. The number of nitrogens with zero attached hydrogens (tertiary/aromatic N) is 2. The highest BCUT2D eigenvalue weighted by Gasteiger charge is 2.48. The molecule has 3 rings (SSSR count). The van der Waals surface area contributed by atoms with Gasteiger partial charge >= 0.3 is 0 Å². The van der Waals surface area contributed by atoms with Gasteiger partial charge in [-0.2, -0.15) is 0 Å². The van der Waals surface area contributed by atoms with E-state index < -0.39 is 0 Å². The Labute approximate surface area is 144 Å². The van der Waals surface area contributed by atoms with Crippen LogP contribution in [0, 0.1) is 12.3 Å². The minimum Gasteiger partial charge on any atom is -0.342 e. The van der Waals surface area contributed by atoms with Crippen molar-refractivity contribution in [1.82, 2.24) is 9.80 Å². The van der Waals surface area contributed by atoms with Crippen LogP contribution in [0.25, 0.3) is 0 Å². The van der Waals surface area contributed by atoms with Gasteiger partial charge in [0, 0.05) is 29.3 Å². The molecule has 1 aromatic rings. The predicted molar refractivity (Wildman–Crippen MR) is 96.8 cm³/mol. The van der Waals surface area contributed by atoms with Crippen LogP contribution < -0.4 is 0 Å². The average Bonchev–Trinajstić information content (AvgIpc) is 3.15. The number of thiophene rings is 1. The lowest BCUT2D eigenvalue weighted by molar-refractivity contribution is -0.130. The molecular formula is C19H30N2OS. The first-order chi connectivity index (χ1) is 10.9. The standard InChI is InChI=1S/C19H30N2OS/c1-5-17(22)21-13-12-18(14-21)8-10-19(11-9-18,20(3)4)16-7-6-15(2)23-16/h6-7H,5,8-14H2,1-4H3. The zero-order chi connectivity index (χ0) is 16.7. The van der Waals surface area contributed by atoms with E-state index in [-0.39, 0.29) is 5.54 Å². The molecule has 0 unspecified atom stereocenters. The molecule has 0 bridgehead atoms. The largest absolute Gasteiger partial charge is 0.342 e. The highest BCUT2D eigenvalue weighted by molar-refractivity contribution is 7.12. The molecule has 1 aliphatic heterocycles. The summed E-state index contributed by atoms with van der Waals surface area (Å²) in [6, 6.07) is 4.59. The zero-order valence-electron chi connectivity index (χ0n) is 15.0. The molecule has 2 aliphatic rings. The van der Waals surface area contributed by atoms with Crippen molar-refractivity contribution in [3.63, 3.8) is 0 Å². The van der Waals surface area contributed by atoms with Gasteiger partial charge in [0.1, 0.15) is 0 Å². The number of carbonyl (C=O) groups is 1. The van der Waals surface area contributed by atoms with E-state index in [1.165, 1.54) is 41.9 Å². The molecule has 2 fully saturated rings. The fourth-order valence-electron chi connectivity index (χ4n) is 4.57. The summed E-state index contributed by atoms with van der Waals surface area (Å²) in [6.45, 7) is 6.14. The number of amides is 1. The van der Waals surface area contributed by atoms with Crippen LogP contribution in [0.2, 0.25) is 0 Å². The second kappa shape index (κ2) is 6.21. The lowest BCUT2D eigenvalue weighted by Crippen LogP contribution is -2.47. The Morgan fingerprint density at radius 3 is 2.43 bits per heavy atom. The Hall–Kier alpha value is -0.870. The summed E-state index contributed by atoms with van der Waals surface area (Å²) in [5.41, 5.74) is 0.586. The van der Waals surface area contributed by atoms with Crippen LogP contribution in [-0.4, -0.2) is 42.9 Å². The maximum absolute atomic E-state index is 12.0. The third-order valence-corrected chi connectivity index (χ3v) is 7.48. The highest BCUT2D eigenvalue weighted by Crippen LogP contribution is 2.52. The maximum Gasteiger partial charge on any atom is 0.222 e. The first kappa shape index (κ1) is 17.0. The van der Waals surface area contributed by atoms with Gasteiger partial charge in [-0.05, 0) is 70.7 Å². The normalized spacial score (nSPS) is 31.3. The van der Waals surface area contributed by atoms with E-state index in [4.69, 9.17) is 0 Å². The number of aryl methyl sites for hydroxylation is 1. The summed E-state index contributed by atoms with van der Waals surface area (Å²) in [7, 11) is 4.46. The van der Waals surface area contributed by atoms with Gasteiger partial charge < -0.3 is 4.90 Å². The summed E-state index contributed by atoms with van der Waals surface area (Å²) in [6.07, 6.45) is 6.77. The molecule has 0 atom stereocenters. The van der Waals surface area contributed by atoms with Gasteiger partial charge in [0.25, 0.3) is 0 Å². The number of hydrogen-bond acceptors (Lipinski definition) is 3. The summed E-state index contributed by atoms with van der Waals surface area (Å²) in [5, 5.41) is 0. The lowest BCUT2D eigenvalue weighted by atomic mass is 9.66. The van der Waals surface area contributed by atoms with Crippen LogP contribution >= 0.6 is 11.3 Å². The summed E-state index contributed by atoms with van der Waals surface area (Å²) >= 11 is 1.96. The molecule has 1 saturated carbocycles. The smallest absolute Gasteiger partial charge is 0.222 e. The fourth-order valence-corrected chi connectivity index (χ4v) is 5.77. The molecule has 1 spiro atoms. The first-order valence-corrected chi connectivity index (χ1v) is 9.75. The van der Waals surface area contributed by atoms with Crippen molar-refractivity contribution in [2.24, 2.45) is 5.41 Å². The Morgan fingerprint density at radius 2 is 1.91 bits per heavy atom. The third-order valence-electron chi connectivity index (χ3n) is 6.29. The SMILES string of the molecule is CCC(=O)N1CCC2(CCC(c3ccc(C)s3)(N(C)C)CC2)C1. The second-order valence-electron chi connectivity index (χ2n) is 7.76. The third kappa shape index (κ3) is 2.96. The molecule has 23 heavy (non-hydrogen) atoms. The fraction of sp³-hybridized carbons (Fsp3) is 0.737. The monoisotopic (exact) mass is 334 g/mol. The molecule has 1 aromatic heterocycles. The van der Waals surface area contributed by atoms with E-state index in [0.29, 0.717) is 17.7 Å². The van der Waals surface area contributed by atoms with Gasteiger partial charge in [-0.15, -0.1) is 11.3 Å². The first-order valence-electron chi connectivity index (χ1n) is 8.93. The number of hydrogen-bond donors (Lipinski definition) is 0. The molecular weight excluding hydrogens is 304 g/mol. The van der Waals surface area contributed by atoms with Gasteiger partial charge in [0.05, 0.1) is 5.54 Å². The maximum atomic E-state index is 12.0. The van der Waals surface area contributed by atoms with Crippen molar-refractivity contribution in [2.75, 3.05) is 27.2 Å². The van der Waals surface area contributed by atoms with E-state index in [1.807, 2.05) is 18.3 Å². The van der Waals surface area contributed by atoms with Crippen molar-refractivity contribution in [3.8, 4) is 0 Å². The summed E-state index contributed by atoms with van der Waals surface area (Å²) in [4.78, 5) is 19.5.